The van der Waals surface area contributed by atoms with Gasteiger partial charge in [0.15, 0.2) is 5.96 Å². The molecular formula is C15H27IN4O2S. The van der Waals surface area contributed by atoms with Crippen molar-refractivity contribution in [2.24, 2.45) is 10.7 Å². The molecular weight excluding hydrogens is 427 g/mol. The molecule has 4 N–H and O–H groups in total. The lowest BCUT2D eigenvalue weighted by Gasteiger charge is -2.11. The minimum Gasteiger partial charge on any atom is -0.370 e. The summed E-state index contributed by atoms with van der Waals surface area (Å²) in [5, 5.41) is 2.89. The van der Waals surface area contributed by atoms with Gasteiger partial charge in [0.05, 0.1) is 4.90 Å². The number of guanidine groups is 1. The summed E-state index contributed by atoms with van der Waals surface area (Å²) in [6.07, 6.45) is 2.05. The Kier molecular flexibility index (Phi) is 10.4. The summed E-state index contributed by atoms with van der Waals surface area (Å²) in [7, 11) is -3.50. The fourth-order valence-electron chi connectivity index (χ4n) is 1.86. The first-order valence-corrected chi connectivity index (χ1v) is 8.96. The number of nitrogens with one attached hydrogen (secondary N) is 2. The Bertz CT molecular complexity index is 618. The van der Waals surface area contributed by atoms with Crippen LogP contribution in [0.4, 0.5) is 0 Å². The van der Waals surface area contributed by atoms with Crippen LogP contribution in [0.2, 0.25) is 0 Å². The van der Waals surface area contributed by atoms with Crippen LogP contribution in [-0.2, 0) is 10.0 Å². The minimum absolute atomic E-state index is 0. The number of rotatable bonds is 8. The molecule has 6 nitrogen and oxygen atoms in total. The fourth-order valence-corrected chi connectivity index (χ4v) is 3.22. The highest BCUT2D eigenvalue weighted by molar-refractivity contribution is 14.0. The van der Waals surface area contributed by atoms with Crippen molar-refractivity contribution in [2.75, 3.05) is 19.6 Å². The third-order valence-electron chi connectivity index (χ3n) is 3.15. The molecule has 0 amide bonds. The molecule has 0 aliphatic rings. The van der Waals surface area contributed by atoms with Crippen molar-refractivity contribution in [3.05, 3.63) is 29.3 Å². The summed E-state index contributed by atoms with van der Waals surface area (Å²) in [5.41, 5.74) is 7.32. The van der Waals surface area contributed by atoms with Gasteiger partial charge in [0.25, 0.3) is 0 Å². The summed E-state index contributed by atoms with van der Waals surface area (Å²) >= 11 is 0. The minimum atomic E-state index is -3.50. The maximum absolute atomic E-state index is 12.3. The molecule has 0 unspecified atom stereocenters. The van der Waals surface area contributed by atoms with E-state index < -0.39 is 10.0 Å². The highest BCUT2D eigenvalue weighted by Crippen LogP contribution is 2.16. The van der Waals surface area contributed by atoms with Crippen LogP contribution in [-0.4, -0.2) is 34.0 Å². The maximum atomic E-state index is 12.3. The van der Waals surface area contributed by atoms with Gasteiger partial charge >= 0.3 is 0 Å². The average molecular weight is 454 g/mol. The normalized spacial score (nSPS) is 11.9. The van der Waals surface area contributed by atoms with Crippen molar-refractivity contribution in [2.45, 2.75) is 38.5 Å². The molecule has 132 valence electrons. The van der Waals surface area contributed by atoms with E-state index in [9.17, 15) is 8.42 Å². The number of unbranched alkanes of at least 4 members (excludes halogenated alkanes) is 1. The van der Waals surface area contributed by atoms with Crippen LogP contribution in [0.3, 0.4) is 0 Å². The van der Waals surface area contributed by atoms with Gasteiger partial charge in [0.2, 0.25) is 10.0 Å². The van der Waals surface area contributed by atoms with E-state index in [2.05, 4.69) is 22.0 Å². The Labute approximate surface area is 156 Å². The number of aliphatic imine (C=N–C) groups is 1. The van der Waals surface area contributed by atoms with Crippen molar-refractivity contribution in [1.82, 2.24) is 10.0 Å². The second-order valence-electron chi connectivity index (χ2n) is 5.21. The predicted molar refractivity (Wildman–Crippen MR) is 106 cm³/mol. The molecule has 8 heteroatoms. The smallest absolute Gasteiger partial charge is 0.240 e. The first-order chi connectivity index (χ1) is 10.4. The van der Waals surface area contributed by atoms with Gasteiger partial charge in [-0.05, 0) is 37.5 Å². The van der Waals surface area contributed by atoms with Crippen molar-refractivity contribution < 1.29 is 8.42 Å². The Hall–Kier alpha value is -0.870. The van der Waals surface area contributed by atoms with Crippen LogP contribution >= 0.6 is 24.0 Å². The van der Waals surface area contributed by atoms with Crippen LogP contribution < -0.4 is 15.8 Å². The molecule has 0 aromatic heterocycles. The molecule has 0 spiro atoms. The molecule has 0 fully saturated rings. The zero-order valence-electron chi connectivity index (χ0n) is 13.9. The summed E-state index contributed by atoms with van der Waals surface area (Å²) < 4.78 is 27.1. The third-order valence-corrected chi connectivity index (χ3v) is 4.75. The summed E-state index contributed by atoms with van der Waals surface area (Å²) in [5.74, 6) is 0.347. The van der Waals surface area contributed by atoms with Crippen molar-refractivity contribution in [1.29, 1.82) is 0 Å². The summed E-state index contributed by atoms with van der Waals surface area (Å²) in [6.45, 7) is 7.06. The predicted octanol–water partition coefficient (Wildman–Crippen LogP) is 1.90. The van der Waals surface area contributed by atoms with E-state index in [0.717, 1.165) is 24.0 Å². The van der Waals surface area contributed by atoms with E-state index in [0.29, 0.717) is 23.9 Å². The quantitative estimate of drug-likeness (QED) is 0.242. The number of nitrogens with two attached hydrogens (primary N) is 1. The van der Waals surface area contributed by atoms with Crippen molar-refractivity contribution in [3.8, 4) is 0 Å². The lowest BCUT2D eigenvalue weighted by atomic mass is 10.2. The molecule has 0 radical (unpaired) electrons. The van der Waals surface area contributed by atoms with Gasteiger partial charge < -0.3 is 11.1 Å². The first kappa shape index (κ1) is 22.1. The van der Waals surface area contributed by atoms with E-state index in [4.69, 9.17) is 5.73 Å². The Morgan fingerprint density at radius 3 is 2.61 bits per heavy atom. The summed E-state index contributed by atoms with van der Waals surface area (Å²) in [4.78, 5) is 4.45. The number of halogens is 1. The number of benzene rings is 1. The average Bonchev–Trinajstić information content (AvgIpc) is 2.46. The molecule has 0 saturated carbocycles. The molecule has 0 saturated heterocycles. The molecule has 1 aromatic carbocycles. The van der Waals surface area contributed by atoms with Gasteiger partial charge in [0, 0.05) is 19.6 Å². The SMILES string of the molecule is CCCCN=C(N)NCCNS(=O)(=O)c1cc(C)ccc1C.I. The van der Waals surface area contributed by atoms with Gasteiger partial charge in [-0.15, -0.1) is 24.0 Å². The molecule has 0 aliphatic carbocycles. The van der Waals surface area contributed by atoms with Crippen LogP contribution in [0.5, 0.6) is 0 Å². The van der Waals surface area contributed by atoms with E-state index in [1.54, 1.807) is 19.1 Å². The molecule has 0 bridgehead atoms. The lowest BCUT2D eigenvalue weighted by Crippen LogP contribution is -2.38. The fraction of sp³-hybridized carbons (Fsp3) is 0.533. The van der Waals surface area contributed by atoms with Gasteiger partial charge in [-0.1, -0.05) is 25.5 Å². The van der Waals surface area contributed by atoms with Crippen LogP contribution in [0, 0.1) is 13.8 Å². The second-order valence-corrected chi connectivity index (χ2v) is 6.95. The van der Waals surface area contributed by atoms with Crippen molar-refractivity contribution in [3.63, 3.8) is 0 Å². The summed E-state index contributed by atoms with van der Waals surface area (Å²) in [6, 6.07) is 5.37. The van der Waals surface area contributed by atoms with E-state index in [1.165, 1.54) is 0 Å². The number of hydrogen-bond donors (Lipinski definition) is 3. The van der Waals surface area contributed by atoms with Gasteiger partial charge in [-0.2, -0.15) is 0 Å². The van der Waals surface area contributed by atoms with Gasteiger partial charge in [-0.3, -0.25) is 4.99 Å². The molecule has 1 rings (SSSR count). The third kappa shape index (κ3) is 7.98. The zero-order chi connectivity index (χ0) is 16.6. The number of sulfonamides is 1. The van der Waals surface area contributed by atoms with Gasteiger partial charge in [-0.25, -0.2) is 13.1 Å². The van der Waals surface area contributed by atoms with Gasteiger partial charge in [0.1, 0.15) is 0 Å². The highest BCUT2D eigenvalue weighted by Gasteiger charge is 2.16. The largest absolute Gasteiger partial charge is 0.370 e. The number of aryl methyl sites for hydroxylation is 2. The van der Waals surface area contributed by atoms with Crippen LogP contribution in [0.25, 0.3) is 0 Å². The highest BCUT2D eigenvalue weighted by atomic mass is 127. The molecule has 0 aliphatic heterocycles. The van der Waals surface area contributed by atoms with E-state index in [1.807, 2.05) is 13.0 Å². The molecule has 0 heterocycles. The Morgan fingerprint density at radius 1 is 1.26 bits per heavy atom. The van der Waals surface area contributed by atoms with Crippen LogP contribution in [0.1, 0.15) is 30.9 Å². The number of nitrogens with zero attached hydrogens (tertiary/aromatic N) is 1. The molecule has 23 heavy (non-hydrogen) atoms. The van der Waals surface area contributed by atoms with E-state index >= 15 is 0 Å². The molecule has 1 aromatic rings. The standard InChI is InChI=1S/C15H26N4O2S.HI/c1-4-5-8-17-15(16)18-9-10-19-22(20,21)14-11-12(2)6-7-13(14)3;/h6-7,11,19H,4-5,8-10H2,1-3H3,(H3,16,17,18);1H. The Morgan fingerprint density at radius 2 is 1.96 bits per heavy atom. The second kappa shape index (κ2) is 10.8. The van der Waals surface area contributed by atoms with E-state index in [-0.39, 0.29) is 30.5 Å². The number of hydrogen-bond acceptors (Lipinski definition) is 3. The monoisotopic (exact) mass is 454 g/mol. The maximum Gasteiger partial charge on any atom is 0.240 e. The lowest BCUT2D eigenvalue weighted by molar-refractivity contribution is 0.580. The van der Waals surface area contributed by atoms with Crippen LogP contribution in [0.15, 0.2) is 28.1 Å². The van der Waals surface area contributed by atoms with Crippen molar-refractivity contribution >= 4 is 40.0 Å². The molecule has 0 atom stereocenters. The zero-order valence-corrected chi connectivity index (χ0v) is 17.1. The topological polar surface area (TPSA) is 96.6 Å². The Balaban J connectivity index is 0.00000484. The first-order valence-electron chi connectivity index (χ1n) is 7.47.